The van der Waals surface area contributed by atoms with Gasteiger partial charge in [-0.25, -0.2) is 4.79 Å². The fraction of sp³-hybridized carbons (Fsp3) is 0.545. The molecule has 1 heterocycles. The molecule has 0 bridgehead atoms. The highest BCUT2D eigenvalue weighted by molar-refractivity contribution is 7.90. The number of H-pyrrole nitrogens is 1. The van der Waals surface area contributed by atoms with Crippen LogP contribution in [0, 0.1) is 6.92 Å². The number of aromatic amines is 1. The Morgan fingerprint density at radius 1 is 1.53 bits per heavy atom. The molecule has 1 aromatic heterocycles. The normalized spacial score (nSPS) is 11.8. The van der Waals surface area contributed by atoms with Crippen molar-refractivity contribution in [1.29, 1.82) is 0 Å². The van der Waals surface area contributed by atoms with Gasteiger partial charge in [-0.15, -0.1) is 0 Å². The van der Waals surface area contributed by atoms with E-state index in [2.05, 4.69) is 9.71 Å². The average Bonchev–Trinajstić information content (AvgIpc) is 2.66. The van der Waals surface area contributed by atoms with E-state index in [0.717, 1.165) is 12.8 Å². The minimum Gasteiger partial charge on any atom is -0.477 e. The topological polar surface area (TPSA) is 103 Å². The maximum absolute atomic E-state index is 12.0. The number of aryl methyl sites for hydroxylation is 1. The lowest BCUT2D eigenvalue weighted by Gasteiger charge is -2.17. The van der Waals surface area contributed by atoms with Crippen LogP contribution in [0.4, 0.5) is 5.69 Å². The van der Waals surface area contributed by atoms with Crippen molar-refractivity contribution < 1.29 is 18.3 Å². The summed E-state index contributed by atoms with van der Waals surface area (Å²) in [6.45, 7) is 4.01. The van der Waals surface area contributed by atoms with Gasteiger partial charge in [-0.1, -0.05) is 13.3 Å². The maximum atomic E-state index is 12.0. The van der Waals surface area contributed by atoms with Crippen LogP contribution in [0.1, 0.15) is 35.9 Å². The van der Waals surface area contributed by atoms with Gasteiger partial charge in [0.1, 0.15) is 5.69 Å². The van der Waals surface area contributed by atoms with E-state index in [-0.39, 0.29) is 11.4 Å². The smallest absolute Gasteiger partial charge is 0.354 e. The predicted molar refractivity (Wildman–Crippen MR) is 72.6 cm³/mol. The molecule has 0 fully saturated rings. The molecule has 0 amide bonds. The number of carboxylic acid groups (broad SMARTS) is 1. The summed E-state index contributed by atoms with van der Waals surface area (Å²) >= 11 is 0. The summed E-state index contributed by atoms with van der Waals surface area (Å²) in [6.07, 6.45) is 1.62. The van der Waals surface area contributed by atoms with Crippen LogP contribution >= 0.6 is 0 Å². The molecule has 108 valence electrons. The van der Waals surface area contributed by atoms with Gasteiger partial charge in [-0.2, -0.15) is 12.7 Å². The number of nitrogens with zero attached hydrogens (tertiary/aromatic N) is 1. The summed E-state index contributed by atoms with van der Waals surface area (Å²) in [5, 5.41) is 8.98. The first kappa shape index (κ1) is 15.5. The molecule has 19 heavy (non-hydrogen) atoms. The second-order valence-electron chi connectivity index (χ2n) is 4.33. The van der Waals surface area contributed by atoms with Crippen molar-refractivity contribution in [3.8, 4) is 0 Å². The Labute approximate surface area is 112 Å². The van der Waals surface area contributed by atoms with Gasteiger partial charge in [0.15, 0.2) is 0 Å². The van der Waals surface area contributed by atoms with Crippen molar-refractivity contribution in [2.24, 2.45) is 0 Å². The molecule has 0 aromatic carbocycles. The molecule has 0 aliphatic heterocycles. The monoisotopic (exact) mass is 289 g/mol. The maximum Gasteiger partial charge on any atom is 0.354 e. The van der Waals surface area contributed by atoms with Gasteiger partial charge in [0.25, 0.3) is 0 Å². The number of aromatic carboxylic acids is 1. The number of anilines is 1. The molecule has 1 rings (SSSR count). The van der Waals surface area contributed by atoms with Crippen molar-refractivity contribution in [3.63, 3.8) is 0 Å². The van der Waals surface area contributed by atoms with Gasteiger partial charge in [0.05, 0.1) is 5.69 Å². The molecule has 0 atom stereocenters. The highest BCUT2D eigenvalue weighted by atomic mass is 32.2. The number of hydrogen-bond donors (Lipinski definition) is 3. The van der Waals surface area contributed by atoms with Crippen molar-refractivity contribution in [2.75, 3.05) is 18.3 Å². The van der Waals surface area contributed by atoms with Crippen LogP contribution in [0.15, 0.2) is 6.07 Å². The number of nitrogens with one attached hydrogen (secondary N) is 2. The SMILES string of the molecule is CCCCN(C)S(=O)(=O)Nc1cc(C)[nH]c1C(=O)O. The first-order valence-electron chi connectivity index (χ1n) is 5.95. The summed E-state index contributed by atoms with van der Waals surface area (Å²) in [6, 6.07) is 1.45. The fourth-order valence-corrected chi connectivity index (χ4v) is 2.52. The highest BCUT2D eigenvalue weighted by Gasteiger charge is 2.21. The third kappa shape index (κ3) is 3.97. The molecule has 0 radical (unpaired) electrons. The van der Waals surface area contributed by atoms with E-state index < -0.39 is 16.2 Å². The third-order valence-corrected chi connectivity index (χ3v) is 4.12. The number of carbonyl (C=O) groups is 1. The molecule has 7 nitrogen and oxygen atoms in total. The van der Waals surface area contributed by atoms with Crippen LogP contribution in [-0.4, -0.2) is 42.4 Å². The molecule has 0 saturated heterocycles. The van der Waals surface area contributed by atoms with E-state index in [0.29, 0.717) is 12.2 Å². The van der Waals surface area contributed by atoms with Crippen molar-refractivity contribution in [3.05, 3.63) is 17.5 Å². The molecule has 0 aliphatic carbocycles. The van der Waals surface area contributed by atoms with Gasteiger partial charge >= 0.3 is 16.2 Å². The molecular weight excluding hydrogens is 270 g/mol. The van der Waals surface area contributed by atoms with E-state index in [1.165, 1.54) is 17.4 Å². The lowest BCUT2D eigenvalue weighted by Crippen LogP contribution is -2.33. The summed E-state index contributed by atoms with van der Waals surface area (Å²) in [4.78, 5) is 13.6. The largest absolute Gasteiger partial charge is 0.477 e. The molecule has 0 aliphatic rings. The van der Waals surface area contributed by atoms with E-state index in [1.54, 1.807) is 6.92 Å². The Bertz CT molecular complexity index is 550. The zero-order chi connectivity index (χ0) is 14.6. The number of aromatic nitrogens is 1. The van der Waals surface area contributed by atoms with Crippen LogP contribution in [0.3, 0.4) is 0 Å². The Kier molecular flexibility index (Phi) is 4.96. The van der Waals surface area contributed by atoms with Gasteiger partial charge in [-0.05, 0) is 19.4 Å². The second kappa shape index (κ2) is 6.07. The summed E-state index contributed by atoms with van der Waals surface area (Å²) in [5.41, 5.74) is 0.463. The second-order valence-corrected chi connectivity index (χ2v) is 6.11. The molecular formula is C11H19N3O4S. The summed E-state index contributed by atoms with van der Waals surface area (Å²) in [7, 11) is -2.27. The van der Waals surface area contributed by atoms with E-state index >= 15 is 0 Å². The zero-order valence-electron chi connectivity index (χ0n) is 11.2. The Morgan fingerprint density at radius 2 is 2.16 bits per heavy atom. The average molecular weight is 289 g/mol. The number of rotatable bonds is 7. The van der Waals surface area contributed by atoms with Crippen LogP contribution < -0.4 is 4.72 Å². The first-order valence-corrected chi connectivity index (χ1v) is 7.39. The van der Waals surface area contributed by atoms with E-state index in [9.17, 15) is 13.2 Å². The first-order chi connectivity index (χ1) is 8.77. The molecule has 3 N–H and O–H groups in total. The van der Waals surface area contributed by atoms with Gasteiger partial charge < -0.3 is 10.1 Å². The standard InChI is InChI=1S/C11H19N3O4S/c1-4-5-6-14(3)19(17,18)13-9-7-8(2)12-10(9)11(15)16/h7,12-13H,4-6H2,1-3H3,(H,15,16). The number of carboxylic acids is 1. The summed E-state index contributed by atoms with van der Waals surface area (Å²) < 4.78 is 27.5. The minimum atomic E-state index is -3.73. The molecule has 0 spiro atoms. The molecule has 0 saturated carbocycles. The van der Waals surface area contributed by atoms with E-state index in [1.807, 2.05) is 6.92 Å². The predicted octanol–water partition coefficient (Wildman–Crippen LogP) is 1.41. The number of unbranched alkanes of at least 4 members (excludes halogenated alkanes) is 1. The van der Waals surface area contributed by atoms with Crippen LogP contribution in [-0.2, 0) is 10.2 Å². The van der Waals surface area contributed by atoms with Gasteiger partial charge in [-0.3, -0.25) is 4.72 Å². The number of hydrogen-bond acceptors (Lipinski definition) is 3. The van der Waals surface area contributed by atoms with Crippen LogP contribution in [0.2, 0.25) is 0 Å². The van der Waals surface area contributed by atoms with Crippen LogP contribution in [0.25, 0.3) is 0 Å². The molecule has 8 heteroatoms. The lowest BCUT2D eigenvalue weighted by molar-refractivity contribution is 0.0692. The fourth-order valence-electron chi connectivity index (χ4n) is 1.56. The molecule has 1 aromatic rings. The third-order valence-electron chi connectivity index (χ3n) is 2.64. The van der Waals surface area contributed by atoms with Crippen molar-refractivity contribution in [2.45, 2.75) is 26.7 Å². The van der Waals surface area contributed by atoms with Crippen LogP contribution in [0.5, 0.6) is 0 Å². The van der Waals surface area contributed by atoms with E-state index in [4.69, 9.17) is 5.11 Å². The van der Waals surface area contributed by atoms with Crippen molar-refractivity contribution in [1.82, 2.24) is 9.29 Å². The minimum absolute atomic E-state index is 0.0494. The summed E-state index contributed by atoms with van der Waals surface area (Å²) in [5.74, 6) is -1.21. The van der Waals surface area contributed by atoms with Crippen molar-refractivity contribution >= 4 is 21.9 Å². The zero-order valence-corrected chi connectivity index (χ0v) is 12.0. The molecule has 0 unspecified atom stereocenters. The van der Waals surface area contributed by atoms with Gasteiger partial charge in [0.2, 0.25) is 0 Å². The highest BCUT2D eigenvalue weighted by Crippen LogP contribution is 2.19. The van der Waals surface area contributed by atoms with Gasteiger partial charge in [0, 0.05) is 19.3 Å². The Balaban J connectivity index is 2.92. The Hall–Kier alpha value is -1.54. The lowest BCUT2D eigenvalue weighted by atomic mass is 10.3. The quantitative estimate of drug-likeness (QED) is 0.706. The Morgan fingerprint density at radius 3 is 2.68 bits per heavy atom.